The molecule has 2 aliphatic carbocycles. The number of likely N-dealkylation sites (tertiary alicyclic amines) is 1. The summed E-state index contributed by atoms with van der Waals surface area (Å²) >= 11 is 0. The summed E-state index contributed by atoms with van der Waals surface area (Å²) in [5, 5.41) is 2.77. The lowest BCUT2D eigenvalue weighted by atomic mass is 9.67. The molecule has 220 valence electrons. The molecular weight excluding hydrogens is 547 g/mol. The van der Waals surface area contributed by atoms with Crippen LogP contribution >= 0.6 is 0 Å². The average Bonchev–Trinajstić information content (AvgIpc) is 3.57. The van der Waals surface area contributed by atoms with Gasteiger partial charge < -0.3 is 5.32 Å². The first-order valence-corrected chi connectivity index (χ1v) is 14.4. The molecule has 6 rings (SSSR count). The Hall–Kier alpha value is -3.52. The molecule has 0 bridgehead atoms. The summed E-state index contributed by atoms with van der Waals surface area (Å²) in [6.07, 6.45) is 2.48. The van der Waals surface area contributed by atoms with Gasteiger partial charge in [0.05, 0.1) is 11.0 Å². The normalized spacial score (nSPS) is 27.4. The molecule has 3 nitrogen and oxygen atoms in total. The van der Waals surface area contributed by atoms with E-state index in [9.17, 15) is 26.7 Å². The van der Waals surface area contributed by atoms with Crippen LogP contribution in [0.3, 0.4) is 0 Å². The van der Waals surface area contributed by atoms with Gasteiger partial charge in [0, 0.05) is 24.5 Å². The number of halogens is 5. The maximum Gasteiger partial charge on any atom is 0.416 e. The highest BCUT2D eigenvalue weighted by Crippen LogP contribution is 2.50. The molecule has 1 N–H and O–H groups in total. The molecule has 1 amide bonds. The van der Waals surface area contributed by atoms with Crippen molar-refractivity contribution in [2.24, 2.45) is 5.92 Å². The van der Waals surface area contributed by atoms with Crippen LogP contribution < -0.4 is 5.32 Å². The van der Waals surface area contributed by atoms with E-state index < -0.39 is 28.8 Å². The van der Waals surface area contributed by atoms with Crippen molar-refractivity contribution in [3.63, 3.8) is 0 Å². The number of hydrogen-bond donors (Lipinski definition) is 1. The van der Waals surface area contributed by atoms with Crippen LogP contribution in [-0.2, 0) is 28.3 Å². The molecule has 3 aromatic rings. The van der Waals surface area contributed by atoms with Gasteiger partial charge in [0.15, 0.2) is 0 Å². The van der Waals surface area contributed by atoms with Crippen molar-refractivity contribution in [2.45, 2.75) is 62.2 Å². The summed E-state index contributed by atoms with van der Waals surface area (Å²) in [6, 6.07) is 16.9. The molecule has 1 saturated carbocycles. The van der Waals surface area contributed by atoms with E-state index >= 15 is 0 Å². The standard InChI is InChI=1S/C34H33F5N2O/c1-22-21-41(14-13-32(22)11-9-24-5-2-3-8-30(24)32)29-10-12-33(19-29,25-6-4-7-27(35)17-25)31(42)40-20-23-15-26(34(37,38)39)18-28(36)16-23/h2-9,11,15-18,22,29H,10,12-14,19-21H2,1H3,(H,40,42)/t22-,29?,32-,33?/m0/s1. The average molecular weight is 581 g/mol. The molecular formula is C34H33F5N2O. The van der Waals surface area contributed by atoms with Crippen molar-refractivity contribution in [1.29, 1.82) is 0 Å². The Morgan fingerprint density at radius 3 is 2.57 bits per heavy atom. The van der Waals surface area contributed by atoms with Gasteiger partial charge in [-0.2, -0.15) is 13.2 Å². The highest BCUT2D eigenvalue weighted by Gasteiger charge is 2.51. The summed E-state index contributed by atoms with van der Waals surface area (Å²) in [5.74, 6) is -1.52. The first-order valence-electron chi connectivity index (χ1n) is 14.4. The number of carbonyl (C=O) groups excluding carboxylic acids is 1. The van der Waals surface area contributed by atoms with Crippen LogP contribution in [0.4, 0.5) is 22.0 Å². The van der Waals surface area contributed by atoms with E-state index in [0.29, 0.717) is 30.4 Å². The minimum Gasteiger partial charge on any atom is -0.351 e. The van der Waals surface area contributed by atoms with Crippen molar-refractivity contribution in [2.75, 3.05) is 13.1 Å². The summed E-state index contributed by atoms with van der Waals surface area (Å²) < 4.78 is 68.1. The molecule has 1 aliphatic heterocycles. The molecule has 8 heteroatoms. The zero-order valence-corrected chi connectivity index (χ0v) is 23.4. The van der Waals surface area contributed by atoms with Crippen molar-refractivity contribution in [1.82, 2.24) is 10.2 Å². The van der Waals surface area contributed by atoms with Crippen molar-refractivity contribution in [3.05, 3.63) is 112 Å². The van der Waals surface area contributed by atoms with E-state index in [0.717, 1.165) is 38.1 Å². The number of fused-ring (bicyclic) bond motifs is 2. The molecule has 0 aromatic heterocycles. The highest BCUT2D eigenvalue weighted by atomic mass is 19.4. The van der Waals surface area contributed by atoms with E-state index in [-0.39, 0.29) is 29.5 Å². The molecule has 4 atom stereocenters. The quantitative estimate of drug-likeness (QED) is 0.319. The van der Waals surface area contributed by atoms with Gasteiger partial charge in [-0.25, -0.2) is 8.78 Å². The second kappa shape index (κ2) is 10.6. The van der Waals surface area contributed by atoms with E-state index in [1.807, 2.05) is 0 Å². The third-order valence-electron chi connectivity index (χ3n) is 9.78. The van der Waals surface area contributed by atoms with Crippen LogP contribution in [-0.4, -0.2) is 29.9 Å². The Bertz CT molecular complexity index is 1530. The number of allylic oxidation sites excluding steroid dienone is 1. The van der Waals surface area contributed by atoms with E-state index in [2.05, 4.69) is 53.6 Å². The zero-order chi connectivity index (χ0) is 29.7. The maximum absolute atomic E-state index is 14.4. The van der Waals surface area contributed by atoms with Crippen LogP contribution in [0, 0.1) is 17.6 Å². The molecule has 3 aromatic carbocycles. The number of benzene rings is 3. The van der Waals surface area contributed by atoms with Crippen molar-refractivity contribution < 1.29 is 26.7 Å². The monoisotopic (exact) mass is 580 g/mol. The Labute approximate surface area is 242 Å². The van der Waals surface area contributed by atoms with Gasteiger partial charge in [0.25, 0.3) is 0 Å². The Balaban J connectivity index is 1.22. The van der Waals surface area contributed by atoms with Gasteiger partial charge >= 0.3 is 6.18 Å². The predicted molar refractivity (Wildman–Crippen MR) is 151 cm³/mol. The summed E-state index contributed by atoms with van der Waals surface area (Å²) in [6.45, 7) is 3.72. The number of nitrogens with one attached hydrogen (secondary N) is 1. The number of rotatable bonds is 5. The van der Waals surface area contributed by atoms with Crippen LogP contribution in [0.15, 0.2) is 72.8 Å². The molecule has 0 radical (unpaired) electrons. The third-order valence-corrected chi connectivity index (χ3v) is 9.78. The number of amides is 1. The Kier molecular flexibility index (Phi) is 7.24. The van der Waals surface area contributed by atoms with Crippen molar-refractivity contribution >= 4 is 12.0 Å². The number of nitrogens with zero attached hydrogens (tertiary/aromatic N) is 1. The fraction of sp³-hybridized carbons (Fsp3) is 0.382. The van der Waals surface area contributed by atoms with Crippen LogP contribution in [0.5, 0.6) is 0 Å². The number of carbonyl (C=O) groups is 1. The van der Waals surface area contributed by atoms with E-state index in [1.54, 1.807) is 12.1 Å². The minimum absolute atomic E-state index is 0.0110. The van der Waals surface area contributed by atoms with Crippen molar-refractivity contribution in [3.8, 4) is 0 Å². The lowest BCUT2D eigenvalue weighted by Crippen LogP contribution is -2.51. The number of hydrogen-bond acceptors (Lipinski definition) is 2. The topological polar surface area (TPSA) is 32.3 Å². The SMILES string of the molecule is C[C@H]1CN(C2CCC(C(=O)NCc3cc(F)cc(C(F)(F)F)c3)(c3cccc(F)c3)C2)CC[C@@]12C=Cc1ccccc12. The molecule has 1 spiro atoms. The zero-order valence-electron chi connectivity index (χ0n) is 23.4. The van der Waals surface area contributed by atoms with Gasteiger partial charge in [-0.3, -0.25) is 9.69 Å². The lowest BCUT2D eigenvalue weighted by molar-refractivity contribution is -0.137. The first kappa shape index (κ1) is 28.6. The smallest absolute Gasteiger partial charge is 0.351 e. The van der Waals surface area contributed by atoms with Gasteiger partial charge in [-0.05, 0) is 90.7 Å². The minimum atomic E-state index is -4.71. The molecule has 2 unspecified atom stereocenters. The van der Waals surface area contributed by atoms with Gasteiger partial charge in [0.1, 0.15) is 11.6 Å². The molecule has 1 heterocycles. The number of piperidine rings is 1. The predicted octanol–water partition coefficient (Wildman–Crippen LogP) is 7.40. The molecule has 2 fully saturated rings. The summed E-state index contributed by atoms with van der Waals surface area (Å²) in [7, 11) is 0. The van der Waals surface area contributed by atoms with Gasteiger partial charge in [-0.15, -0.1) is 0 Å². The van der Waals surface area contributed by atoms with E-state index in [1.165, 1.54) is 23.3 Å². The van der Waals surface area contributed by atoms with Crippen LogP contribution in [0.2, 0.25) is 0 Å². The number of alkyl halides is 3. The lowest BCUT2D eigenvalue weighted by Gasteiger charge is -2.46. The summed E-state index contributed by atoms with van der Waals surface area (Å²) in [5.41, 5.74) is 1.02. The van der Waals surface area contributed by atoms with Gasteiger partial charge in [-0.1, -0.05) is 55.5 Å². The fourth-order valence-corrected chi connectivity index (χ4v) is 7.54. The fourth-order valence-electron chi connectivity index (χ4n) is 7.54. The summed E-state index contributed by atoms with van der Waals surface area (Å²) in [4.78, 5) is 16.3. The largest absolute Gasteiger partial charge is 0.416 e. The Morgan fingerprint density at radius 1 is 1.00 bits per heavy atom. The first-order chi connectivity index (χ1) is 20.0. The molecule has 1 saturated heterocycles. The molecule has 42 heavy (non-hydrogen) atoms. The van der Waals surface area contributed by atoms with Crippen LogP contribution in [0.25, 0.3) is 6.08 Å². The third kappa shape index (κ3) is 5.04. The van der Waals surface area contributed by atoms with Gasteiger partial charge in [0.2, 0.25) is 5.91 Å². The Morgan fingerprint density at radius 2 is 1.81 bits per heavy atom. The van der Waals surface area contributed by atoms with Crippen LogP contribution in [0.1, 0.15) is 60.4 Å². The van der Waals surface area contributed by atoms with E-state index in [4.69, 9.17) is 0 Å². The molecule has 3 aliphatic rings. The maximum atomic E-state index is 14.4. The second-order valence-corrected chi connectivity index (χ2v) is 12.1. The highest BCUT2D eigenvalue weighted by molar-refractivity contribution is 5.88. The second-order valence-electron chi connectivity index (χ2n) is 12.1.